The second kappa shape index (κ2) is 6.96. The molecule has 0 amide bonds. The van der Waals surface area contributed by atoms with Gasteiger partial charge >= 0.3 is 0 Å². The van der Waals surface area contributed by atoms with Gasteiger partial charge in [0.2, 0.25) is 0 Å². The summed E-state index contributed by atoms with van der Waals surface area (Å²) in [6, 6.07) is 8.29. The summed E-state index contributed by atoms with van der Waals surface area (Å²) in [6.07, 6.45) is 1.16. The van der Waals surface area contributed by atoms with E-state index >= 15 is 0 Å². The molecule has 0 fully saturated rings. The molecule has 124 valence electrons. The standard InChI is InChI=1S/C18H17BrN2OS2/c1-22-16-3-2-13(19)8-15(16)18-20-14(11-24-18)10-21-6-4-17-12(9-21)5-7-23-17/h2-3,5,7-8,11H,4,6,9-10H2,1H3. The molecule has 3 aromatic rings. The third-order valence-corrected chi connectivity index (χ3v) is 6.66. The predicted octanol–water partition coefficient (Wildman–Crippen LogP) is 5.20. The molecule has 4 rings (SSSR count). The first-order chi connectivity index (χ1) is 11.7. The number of benzene rings is 1. The summed E-state index contributed by atoms with van der Waals surface area (Å²) in [5.41, 5.74) is 3.66. The summed E-state index contributed by atoms with van der Waals surface area (Å²) < 4.78 is 6.52. The van der Waals surface area contributed by atoms with E-state index in [0.29, 0.717) is 0 Å². The van der Waals surface area contributed by atoms with Crippen molar-refractivity contribution < 1.29 is 4.74 Å². The summed E-state index contributed by atoms with van der Waals surface area (Å²) in [5.74, 6) is 0.861. The smallest absolute Gasteiger partial charge is 0.129 e. The topological polar surface area (TPSA) is 25.4 Å². The number of thiazole rings is 1. The van der Waals surface area contributed by atoms with Crippen LogP contribution in [-0.2, 0) is 19.5 Å². The van der Waals surface area contributed by atoms with Crippen molar-refractivity contribution in [1.82, 2.24) is 9.88 Å². The maximum Gasteiger partial charge on any atom is 0.129 e. The van der Waals surface area contributed by atoms with Gasteiger partial charge in [0.05, 0.1) is 18.4 Å². The number of nitrogens with zero attached hydrogens (tertiary/aromatic N) is 2. The highest BCUT2D eigenvalue weighted by Gasteiger charge is 2.19. The SMILES string of the molecule is COc1ccc(Br)cc1-c1nc(CN2CCc3sccc3C2)cs1. The van der Waals surface area contributed by atoms with Crippen molar-refractivity contribution in [1.29, 1.82) is 0 Å². The number of ether oxygens (including phenoxy) is 1. The fourth-order valence-electron chi connectivity index (χ4n) is 3.02. The summed E-state index contributed by atoms with van der Waals surface area (Å²) in [4.78, 5) is 8.87. The molecule has 24 heavy (non-hydrogen) atoms. The molecule has 1 aliphatic heterocycles. The minimum atomic E-state index is 0.861. The van der Waals surface area contributed by atoms with Gasteiger partial charge in [0.25, 0.3) is 0 Å². The minimum Gasteiger partial charge on any atom is -0.496 e. The van der Waals surface area contributed by atoms with Crippen LogP contribution >= 0.6 is 38.6 Å². The zero-order valence-electron chi connectivity index (χ0n) is 13.3. The molecule has 0 bridgehead atoms. The van der Waals surface area contributed by atoms with Gasteiger partial charge in [-0.2, -0.15) is 0 Å². The molecule has 0 unspecified atom stereocenters. The Morgan fingerprint density at radius 2 is 2.21 bits per heavy atom. The average Bonchev–Trinajstić information content (AvgIpc) is 3.23. The number of fused-ring (bicyclic) bond motifs is 1. The number of hydrogen-bond donors (Lipinski definition) is 0. The minimum absolute atomic E-state index is 0.861. The van der Waals surface area contributed by atoms with E-state index < -0.39 is 0 Å². The number of aromatic nitrogens is 1. The lowest BCUT2D eigenvalue weighted by Crippen LogP contribution is -2.29. The molecule has 0 radical (unpaired) electrons. The van der Waals surface area contributed by atoms with Gasteiger partial charge in [-0.05, 0) is 41.6 Å². The quantitative estimate of drug-likeness (QED) is 0.579. The fourth-order valence-corrected chi connectivity index (χ4v) is 5.10. The third kappa shape index (κ3) is 3.28. The Labute approximate surface area is 158 Å². The Morgan fingerprint density at radius 1 is 1.29 bits per heavy atom. The Morgan fingerprint density at radius 3 is 3.08 bits per heavy atom. The molecule has 1 aliphatic rings. The van der Waals surface area contributed by atoms with Crippen LogP contribution < -0.4 is 4.74 Å². The maximum atomic E-state index is 5.48. The molecule has 2 aromatic heterocycles. The third-order valence-electron chi connectivity index (χ3n) is 4.22. The van der Waals surface area contributed by atoms with E-state index in [1.807, 2.05) is 23.5 Å². The van der Waals surface area contributed by atoms with E-state index in [-0.39, 0.29) is 0 Å². The lowest BCUT2D eigenvalue weighted by atomic mass is 10.1. The van der Waals surface area contributed by atoms with Crippen LogP contribution in [0.1, 0.15) is 16.1 Å². The van der Waals surface area contributed by atoms with E-state index in [9.17, 15) is 0 Å². The van der Waals surface area contributed by atoms with Gasteiger partial charge in [-0.25, -0.2) is 4.98 Å². The van der Waals surface area contributed by atoms with Crippen LogP contribution in [0, 0.1) is 0 Å². The molecule has 3 heterocycles. The normalized spacial score (nSPS) is 14.6. The molecule has 0 saturated carbocycles. The summed E-state index contributed by atoms with van der Waals surface area (Å²) in [5, 5.41) is 5.38. The molecule has 3 nitrogen and oxygen atoms in total. The molecule has 0 atom stereocenters. The average molecular weight is 421 g/mol. The van der Waals surface area contributed by atoms with Crippen LogP contribution in [0.3, 0.4) is 0 Å². The van der Waals surface area contributed by atoms with E-state index in [1.165, 1.54) is 5.56 Å². The van der Waals surface area contributed by atoms with Crippen molar-refractivity contribution in [2.24, 2.45) is 0 Å². The van der Waals surface area contributed by atoms with Crippen molar-refractivity contribution in [3.8, 4) is 16.3 Å². The molecule has 6 heteroatoms. The first-order valence-corrected chi connectivity index (χ1v) is 10.3. The molecule has 0 saturated heterocycles. The van der Waals surface area contributed by atoms with Crippen molar-refractivity contribution in [2.75, 3.05) is 13.7 Å². The van der Waals surface area contributed by atoms with Crippen LogP contribution in [0.5, 0.6) is 5.75 Å². The van der Waals surface area contributed by atoms with Crippen molar-refractivity contribution >= 4 is 38.6 Å². The van der Waals surface area contributed by atoms with Gasteiger partial charge < -0.3 is 4.74 Å². The summed E-state index contributed by atoms with van der Waals surface area (Å²) >= 11 is 7.10. The zero-order valence-corrected chi connectivity index (χ0v) is 16.5. The van der Waals surface area contributed by atoms with Crippen LogP contribution in [-0.4, -0.2) is 23.5 Å². The number of methoxy groups -OCH3 is 1. The maximum absolute atomic E-state index is 5.48. The van der Waals surface area contributed by atoms with Crippen LogP contribution in [0.15, 0.2) is 39.5 Å². The fraction of sp³-hybridized carbons (Fsp3) is 0.278. The number of hydrogen-bond acceptors (Lipinski definition) is 5. The molecular formula is C18H17BrN2OS2. The van der Waals surface area contributed by atoms with Gasteiger partial charge in [-0.1, -0.05) is 15.9 Å². The first-order valence-electron chi connectivity index (χ1n) is 7.79. The second-order valence-electron chi connectivity index (χ2n) is 5.82. The Bertz CT molecular complexity index is 858. The molecule has 0 N–H and O–H groups in total. The van der Waals surface area contributed by atoms with Crippen LogP contribution in [0.4, 0.5) is 0 Å². The largest absolute Gasteiger partial charge is 0.496 e. The monoisotopic (exact) mass is 420 g/mol. The predicted molar refractivity (Wildman–Crippen MR) is 104 cm³/mol. The highest BCUT2D eigenvalue weighted by atomic mass is 79.9. The van der Waals surface area contributed by atoms with Gasteiger partial charge in [0.1, 0.15) is 10.8 Å². The highest BCUT2D eigenvalue weighted by molar-refractivity contribution is 9.10. The lowest BCUT2D eigenvalue weighted by molar-refractivity contribution is 0.245. The Balaban J connectivity index is 1.53. The number of thiophene rings is 1. The first kappa shape index (κ1) is 16.3. The number of halogens is 1. The van der Waals surface area contributed by atoms with Crippen LogP contribution in [0.2, 0.25) is 0 Å². The van der Waals surface area contributed by atoms with Crippen molar-refractivity contribution in [2.45, 2.75) is 19.5 Å². The summed E-state index contributed by atoms with van der Waals surface area (Å²) in [6.45, 7) is 3.05. The lowest BCUT2D eigenvalue weighted by Gasteiger charge is -2.25. The molecule has 0 aliphatic carbocycles. The number of rotatable bonds is 4. The Kier molecular flexibility index (Phi) is 4.72. The van der Waals surface area contributed by atoms with Gasteiger partial charge in [-0.15, -0.1) is 22.7 Å². The van der Waals surface area contributed by atoms with E-state index in [2.05, 4.69) is 43.7 Å². The van der Waals surface area contributed by atoms with Gasteiger partial charge in [0.15, 0.2) is 0 Å². The highest BCUT2D eigenvalue weighted by Crippen LogP contribution is 2.35. The summed E-state index contributed by atoms with van der Waals surface area (Å²) in [7, 11) is 1.70. The van der Waals surface area contributed by atoms with Crippen molar-refractivity contribution in [3.63, 3.8) is 0 Å². The Hall–Kier alpha value is -1.21. The van der Waals surface area contributed by atoms with E-state index in [1.54, 1.807) is 23.3 Å². The van der Waals surface area contributed by atoms with Gasteiger partial charge in [-0.3, -0.25) is 4.90 Å². The van der Waals surface area contributed by atoms with Gasteiger partial charge in [0, 0.05) is 34.4 Å². The van der Waals surface area contributed by atoms with Crippen molar-refractivity contribution in [3.05, 3.63) is 55.6 Å². The molecular weight excluding hydrogens is 404 g/mol. The van der Waals surface area contributed by atoms with E-state index in [0.717, 1.165) is 52.5 Å². The molecule has 0 spiro atoms. The zero-order chi connectivity index (χ0) is 16.5. The second-order valence-corrected chi connectivity index (χ2v) is 8.59. The van der Waals surface area contributed by atoms with Crippen LogP contribution in [0.25, 0.3) is 10.6 Å². The van der Waals surface area contributed by atoms with E-state index in [4.69, 9.17) is 9.72 Å². The molecule has 1 aromatic carbocycles.